The maximum Gasteiger partial charge on any atom is 0.226 e. The number of carbonyl (C=O) groups excluding carboxylic acids is 2. The number of hydrogen-bond donors (Lipinski definition) is 1. The van der Waals surface area contributed by atoms with E-state index in [-0.39, 0.29) is 24.7 Å². The van der Waals surface area contributed by atoms with E-state index in [0.717, 1.165) is 11.4 Å². The Hall–Kier alpha value is -2.62. The average Bonchev–Trinajstić information content (AvgIpc) is 3.14. The predicted molar refractivity (Wildman–Crippen MR) is 98.0 cm³/mol. The van der Waals surface area contributed by atoms with Gasteiger partial charge in [0.05, 0.1) is 0 Å². The minimum atomic E-state index is -0.214. The van der Waals surface area contributed by atoms with Crippen LogP contribution in [-0.2, 0) is 16.0 Å². The molecule has 0 aromatic carbocycles. The van der Waals surface area contributed by atoms with Gasteiger partial charge >= 0.3 is 0 Å². The molecule has 1 saturated heterocycles. The summed E-state index contributed by atoms with van der Waals surface area (Å²) >= 11 is 1.35. The predicted octanol–water partition coefficient (Wildman–Crippen LogP) is 0.958. The summed E-state index contributed by atoms with van der Waals surface area (Å²) in [6.07, 6.45) is 4.53. The molecule has 2 aromatic heterocycles. The molecule has 0 aliphatic carbocycles. The summed E-state index contributed by atoms with van der Waals surface area (Å²) in [4.78, 5) is 36.6. The first kappa shape index (κ1) is 18.2. The molecule has 9 nitrogen and oxygen atoms in total. The summed E-state index contributed by atoms with van der Waals surface area (Å²) in [5.74, 6) is 0.455. The highest BCUT2D eigenvalue weighted by molar-refractivity contribution is 7.15. The van der Waals surface area contributed by atoms with Crippen LogP contribution in [0.5, 0.6) is 0 Å². The summed E-state index contributed by atoms with van der Waals surface area (Å²) in [7, 11) is 0. The lowest BCUT2D eigenvalue weighted by molar-refractivity contribution is -0.133. The van der Waals surface area contributed by atoms with Crippen LogP contribution in [0, 0.1) is 0 Å². The molecule has 2 aromatic rings. The first-order valence-electron chi connectivity index (χ1n) is 8.57. The van der Waals surface area contributed by atoms with E-state index in [1.165, 1.54) is 11.3 Å². The number of carbonyl (C=O) groups is 2. The third-order valence-corrected chi connectivity index (χ3v) is 5.03. The Morgan fingerprint density at radius 3 is 2.50 bits per heavy atom. The molecule has 0 saturated carbocycles. The number of aryl methyl sites for hydroxylation is 1. The number of amides is 2. The minimum Gasteiger partial charge on any atom is -0.339 e. The lowest BCUT2D eigenvalue weighted by atomic mass is 10.2. The zero-order valence-corrected chi connectivity index (χ0v) is 15.4. The molecule has 1 aliphatic rings. The number of piperazine rings is 1. The molecule has 0 atom stereocenters. The van der Waals surface area contributed by atoms with Crippen molar-refractivity contribution in [2.45, 2.75) is 26.2 Å². The van der Waals surface area contributed by atoms with Crippen molar-refractivity contribution in [3.63, 3.8) is 0 Å². The van der Waals surface area contributed by atoms with Gasteiger partial charge < -0.3 is 15.1 Å². The molecule has 3 heterocycles. The average molecular weight is 375 g/mol. The molecule has 2 amide bonds. The molecule has 1 aliphatic heterocycles. The number of hydrogen-bond acceptors (Lipinski definition) is 8. The summed E-state index contributed by atoms with van der Waals surface area (Å²) in [5.41, 5.74) is 0. The van der Waals surface area contributed by atoms with Crippen LogP contribution in [-0.4, -0.2) is 63.1 Å². The van der Waals surface area contributed by atoms with E-state index in [1.54, 1.807) is 23.4 Å². The number of aromatic nitrogens is 4. The molecule has 3 rings (SSSR count). The Morgan fingerprint density at radius 1 is 1.12 bits per heavy atom. The van der Waals surface area contributed by atoms with E-state index >= 15 is 0 Å². The van der Waals surface area contributed by atoms with Gasteiger partial charge in [-0.05, 0) is 12.5 Å². The fraction of sp³-hybridized carbons (Fsp3) is 0.500. The summed E-state index contributed by atoms with van der Waals surface area (Å²) in [6.45, 7) is 4.57. The molecular formula is C16H21N7O2S. The first-order valence-corrected chi connectivity index (χ1v) is 9.39. The fourth-order valence-corrected chi connectivity index (χ4v) is 3.31. The van der Waals surface area contributed by atoms with Crippen molar-refractivity contribution in [2.75, 3.05) is 36.4 Å². The highest BCUT2D eigenvalue weighted by Gasteiger charge is 2.22. The second-order valence-corrected chi connectivity index (χ2v) is 6.88. The van der Waals surface area contributed by atoms with Crippen LogP contribution in [0.15, 0.2) is 18.5 Å². The van der Waals surface area contributed by atoms with E-state index in [2.05, 4.69) is 30.4 Å². The van der Waals surface area contributed by atoms with Crippen LogP contribution >= 0.6 is 11.3 Å². The van der Waals surface area contributed by atoms with Crippen molar-refractivity contribution in [1.29, 1.82) is 0 Å². The number of nitrogens with zero attached hydrogens (tertiary/aromatic N) is 6. The maximum absolute atomic E-state index is 12.3. The lowest BCUT2D eigenvalue weighted by Crippen LogP contribution is -2.49. The molecule has 138 valence electrons. The van der Waals surface area contributed by atoms with E-state index in [0.29, 0.717) is 37.3 Å². The molecule has 10 heteroatoms. The zero-order valence-electron chi connectivity index (χ0n) is 14.6. The monoisotopic (exact) mass is 375 g/mol. The van der Waals surface area contributed by atoms with Crippen LogP contribution in [0.4, 0.5) is 11.1 Å². The van der Waals surface area contributed by atoms with Gasteiger partial charge in [0.15, 0.2) is 0 Å². The Kier molecular flexibility index (Phi) is 6.05. The van der Waals surface area contributed by atoms with Gasteiger partial charge in [-0.3, -0.25) is 9.59 Å². The molecule has 1 fully saturated rings. The van der Waals surface area contributed by atoms with Crippen molar-refractivity contribution < 1.29 is 9.59 Å². The van der Waals surface area contributed by atoms with Gasteiger partial charge in [0.25, 0.3) is 0 Å². The molecule has 0 bridgehead atoms. The molecule has 0 unspecified atom stereocenters. The van der Waals surface area contributed by atoms with Gasteiger partial charge in [-0.1, -0.05) is 18.3 Å². The lowest BCUT2D eigenvalue weighted by Gasteiger charge is -2.34. The first-order chi connectivity index (χ1) is 12.7. The van der Waals surface area contributed by atoms with E-state index in [1.807, 2.05) is 6.92 Å². The fourth-order valence-electron chi connectivity index (χ4n) is 2.62. The number of rotatable bonds is 6. The highest BCUT2D eigenvalue weighted by atomic mass is 32.1. The Labute approximate surface area is 155 Å². The summed E-state index contributed by atoms with van der Waals surface area (Å²) in [6, 6.07) is 1.78. The smallest absolute Gasteiger partial charge is 0.226 e. The highest BCUT2D eigenvalue weighted by Crippen LogP contribution is 2.16. The van der Waals surface area contributed by atoms with Crippen LogP contribution < -0.4 is 10.2 Å². The molecule has 0 spiro atoms. The van der Waals surface area contributed by atoms with Gasteiger partial charge in [0.2, 0.25) is 22.9 Å². The second kappa shape index (κ2) is 8.65. The third kappa shape index (κ3) is 4.72. The van der Waals surface area contributed by atoms with Crippen LogP contribution in [0.2, 0.25) is 0 Å². The van der Waals surface area contributed by atoms with E-state index in [4.69, 9.17) is 0 Å². The molecule has 0 radical (unpaired) electrons. The van der Waals surface area contributed by atoms with Crippen molar-refractivity contribution >= 4 is 34.2 Å². The second-order valence-electron chi connectivity index (χ2n) is 5.82. The number of anilines is 2. The maximum atomic E-state index is 12.3. The summed E-state index contributed by atoms with van der Waals surface area (Å²) in [5, 5.41) is 11.9. The Balaban J connectivity index is 1.40. The van der Waals surface area contributed by atoms with Gasteiger partial charge in [-0.25, -0.2) is 9.97 Å². The van der Waals surface area contributed by atoms with Crippen molar-refractivity contribution in [3.05, 3.63) is 23.5 Å². The number of nitrogens with one attached hydrogen (secondary N) is 1. The topological polar surface area (TPSA) is 104 Å². The van der Waals surface area contributed by atoms with Crippen LogP contribution in [0.25, 0.3) is 0 Å². The summed E-state index contributed by atoms with van der Waals surface area (Å²) < 4.78 is 0. The van der Waals surface area contributed by atoms with E-state index in [9.17, 15) is 9.59 Å². The normalized spacial score (nSPS) is 14.3. The van der Waals surface area contributed by atoms with Gasteiger partial charge in [-0.15, -0.1) is 10.2 Å². The Bertz CT molecular complexity index is 744. The molecule has 26 heavy (non-hydrogen) atoms. The van der Waals surface area contributed by atoms with Crippen LogP contribution in [0.1, 0.15) is 24.8 Å². The van der Waals surface area contributed by atoms with Gasteiger partial charge in [0, 0.05) is 51.4 Å². The largest absolute Gasteiger partial charge is 0.339 e. The Morgan fingerprint density at radius 2 is 1.85 bits per heavy atom. The SMILES string of the molecule is CCc1nnc(NC(=O)CCC(=O)N2CCN(c3ncccn3)CC2)s1. The van der Waals surface area contributed by atoms with Crippen molar-refractivity contribution in [2.24, 2.45) is 0 Å². The van der Waals surface area contributed by atoms with Crippen LogP contribution in [0.3, 0.4) is 0 Å². The van der Waals surface area contributed by atoms with Gasteiger partial charge in [0.1, 0.15) is 5.01 Å². The quantitative estimate of drug-likeness (QED) is 0.802. The molecule has 1 N–H and O–H groups in total. The minimum absolute atomic E-state index is 0.0136. The van der Waals surface area contributed by atoms with Crippen molar-refractivity contribution in [1.82, 2.24) is 25.1 Å². The molecular weight excluding hydrogens is 354 g/mol. The van der Waals surface area contributed by atoms with Crippen molar-refractivity contribution in [3.8, 4) is 0 Å². The third-order valence-electron chi connectivity index (χ3n) is 4.05. The van der Waals surface area contributed by atoms with Gasteiger partial charge in [-0.2, -0.15) is 0 Å². The van der Waals surface area contributed by atoms with E-state index < -0.39 is 0 Å². The standard InChI is InChI=1S/C16H21N7O2S/c1-2-13-20-21-16(26-13)19-12(24)4-5-14(25)22-8-10-23(11-9-22)15-17-6-3-7-18-15/h3,6-7H,2,4-5,8-11H2,1H3,(H,19,21,24). The zero-order chi connectivity index (χ0) is 18.4.